The molecule has 0 unspecified atom stereocenters. The SMILES string of the molecule is O=C(O)/C=C\C(=O)NNC(=O)COc1ccc(Cl)cc1Cl. The van der Waals surface area contributed by atoms with Gasteiger partial charge in [-0.25, -0.2) is 4.79 Å². The summed E-state index contributed by atoms with van der Waals surface area (Å²) in [6.45, 7) is -0.399. The average molecular weight is 333 g/mol. The molecule has 1 rings (SSSR count). The van der Waals surface area contributed by atoms with Crippen molar-refractivity contribution in [2.75, 3.05) is 6.61 Å². The third-order valence-corrected chi connectivity index (χ3v) is 2.49. The molecule has 2 amide bonds. The van der Waals surface area contributed by atoms with Gasteiger partial charge >= 0.3 is 5.97 Å². The van der Waals surface area contributed by atoms with E-state index in [1.807, 2.05) is 10.9 Å². The molecule has 7 nitrogen and oxygen atoms in total. The number of carbonyl (C=O) groups is 3. The van der Waals surface area contributed by atoms with Gasteiger partial charge < -0.3 is 9.84 Å². The number of amides is 2. The normalized spacial score (nSPS) is 10.2. The van der Waals surface area contributed by atoms with Crippen LogP contribution in [0.5, 0.6) is 5.75 Å². The Bertz CT molecular complexity index is 589. The first-order valence-electron chi connectivity index (χ1n) is 5.46. The fourth-order valence-electron chi connectivity index (χ4n) is 1.09. The van der Waals surface area contributed by atoms with E-state index in [0.29, 0.717) is 11.1 Å². The number of benzene rings is 1. The number of halogens is 2. The van der Waals surface area contributed by atoms with Crippen molar-refractivity contribution in [3.05, 3.63) is 40.4 Å². The largest absolute Gasteiger partial charge is 0.482 e. The molecule has 0 bridgehead atoms. The third kappa shape index (κ3) is 6.64. The lowest BCUT2D eigenvalue weighted by Gasteiger charge is -2.08. The van der Waals surface area contributed by atoms with Crippen molar-refractivity contribution < 1.29 is 24.2 Å². The molecule has 0 fully saturated rings. The van der Waals surface area contributed by atoms with Crippen LogP contribution >= 0.6 is 23.2 Å². The van der Waals surface area contributed by atoms with Crippen molar-refractivity contribution in [2.24, 2.45) is 0 Å². The Morgan fingerprint density at radius 3 is 2.52 bits per heavy atom. The number of ether oxygens (including phenoxy) is 1. The highest BCUT2D eigenvalue weighted by Gasteiger charge is 2.07. The van der Waals surface area contributed by atoms with Crippen molar-refractivity contribution in [1.82, 2.24) is 10.9 Å². The van der Waals surface area contributed by atoms with E-state index >= 15 is 0 Å². The van der Waals surface area contributed by atoms with Gasteiger partial charge in [-0.1, -0.05) is 23.2 Å². The smallest absolute Gasteiger partial charge is 0.328 e. The number of aliphatic carboxylic acids is 1. The van der Waals surface area contributed by atoms with Crippen LogP contribution in [0, 0.1) is 0 Å². The van der Waals surface area contributed by atoms with Gasteiger partial charge in [0.15, 0.2) is 6.61 Å². The van der Waals surface area contributed by atoms with Crippen LogP contribution in [0.1, 0.15) is 0 Å². The second kappa shape index (κ2) is 8.13. The molecule has 0 aromatic heterocycles. The standard InChI is InChI=1S/C12H10Cl2N2O5/c13-7-1-2-9(8(14)5-7)21-6-11(18)16-15-10(17)3-4-12(19)20/h1-5H,6H2,(H,15,17)(H,16,18)(H,19,20)/b4-3-. The highest BCUT2D eigenvalue weighted by Crippen LogP contribution is 2.27. The molecule has 1 aromatic rings. The summed E-state index contributed by atoms with van der Waals surface area (Å²) in [6, 6.07) is 4.49. The van der Waals surface area contributed by atoms with Crippen molar-refractivity contribution in [2.45, 2.75) is 0 Å². The quantitative estimate of drug-likeness (QED) is 0.554. The van der Waals surface area contributed by atoms with E-state index in [-0.39, 0.29) is 10.8 Å². The van der Waals surface area contributed by atoms with Crippen molar-refractivity contribution >= 4 is 41.0 Å². The Balaban J connectivity index is 2.37. The topological polar surface area (TPSA) is 105 Å². The van der Waals surface area contributed by atoms with Gasteiger partial charge in [-0.2, -0.15) is 0 Å². The first kappa shape index (κ1) is 16.8. The molecule has 0 aliphatic rings. The van der Waals surface area contributed by atoms with Crippen molar-refractivity contribution in [3.63, 3.8) is 0 Å². The molecular weight excluding hydrogens is 323 g/mol. The second-order valence-electron chi connectivity index (χ2n) is 3.57. The third-order valence-electron chi connectivity index (χ3n) is 1.96. The molecule has 1 aromatic carbocycles. The summed E-state index contributed by atoms with van der Waals surface area (Å²) in [5, 5.41) is 8.96. The zero-order valence-electron chi connectivity index (χ0n) is 10.4. The Kier molecular flexibility index (Phi) is 6.51. The van der Waals surface area contributed by atoms with E-state index < -0.39 is 24.4 Å². The number of rotatable bonds is 5. The van der Waals surface area contributed by atoms with Gasteiger partial charge in [-0.3, -0.25) is 20.4 Å². The average Bonchev–Trinajstić information content (AvgIpc) is 2.41. The van der Waals surface area contributed by atoms with E-state index in [0.717, 1.165) is 6.08 Å². The number of carboxylic acid groups (broad SMARTS) is 1. The van der Waals surface area contributed by atoms with Crippen molar-refractivity contribution in [1.29, 1.82) is 0 Å². The summed E-state index contributed by atoms with van der Waals surface area (Å²) >= 11 is 11.5. The summed E-state index contributed by atoms with van der Waals surface area (Å²) < 4.78 is 5.12. The van der Waals surface area contributed by atoms with Gasteiger partial charge in [-0.15, -0.1) is 0 Å². The zero-order valence-corrected chi connectivity index (χ0v) is 11.9. The lowest BCUT2D eigenvalue weighted by Crippen LogP contribution is -2.43. The maximum absolute atomic E-state index is 11.4. The maximum atomic E-state index is 11.4. The van der Waals surface area contributed by atoms with Crippen LogP contribution < -0.4 is 15.6 Å². The molecule has 0 atom stereocenters. The zero-order chi connectivity index (χ0) is 15.8. The molecule has 0 saturated heterocycles. The lowest BCUT2D eigenvalue weighted by atomic mass is 10.3. The Morgan fingerprint density at radius 2 is 1.90 bits per heavy atom. The monoisotopic (exact) mass is 332 g/mol. The number of hydrazine groups is 1. The number of carbonyl (C=O) groups excluding carboxylic acids is 2. The van der Waals surface area contributed by atoms with E-state index in [1.54, 1.807) is 6.07 Å². The summed E-state index contributed by atoms with van der Waals surface area (Å²) in [7, 11) is 0. The summed E-state index contributed by atoms with van der Waals surface area (Å²) in [6.07, 6.45) is 1.38. The van der Waals surface area contributed by atoms with E-state index in [2.05, 4.69) is 0 Å². The molecule has 0 heterocycles. The van der Waals surface area contributed by atoms with Gasteiger partial charge in [0.1, 0.15) is 5.75 Å². The molecule has 0 aliphatic heterocycles. The maximum Gasteiger partial charge on any atom is 0.328 e. The molecule has 21 heavy (non-hydrogen) atoms. The minimum Gasteiger partial charge on any atom is -0.482 e. The van der Waals surface area contributed by atoms with Crippen molar-refractivity contribution in [3.8, 4) is 5.75 Å². The number of carboxylic acids is 1. The van der Waals surface area contributed by atoms with Gasteiger partial charge in [-0.05, 0) is 18.2 Å². The first-order chi connectivity index (χ1) is 9.88. The Hall–Kier alpha value is -2.25. The molecular formula is C12H10Cl2N2O5. The molecule has 9 heteroatoms. The van der Waals surface area contributed by atoms with E-state index in [4.69, 9.17) is 33.0 Å². The van der Waals surface area contributed by atoms with Crippen LogP contribution in [-0.2, 0) is 14.4 Å². The number of hydrogen-bond acceptors (Lipinski definition) is 4. The van der Waals surface area contributed by atoms with E-state index in [1.165, 1.54) is 12.1 Å². The minimum absolute atomic E-state index is 0.240. The fraction of sp³-hybridized carbons (Fsp3) is 0.0833. The fourth-order valence-corrected chi connectivity index (χ4v) is 1.55. The summed E-state index contributed by atoms with van der Waals surface area (Å²) in [5.74, 6) is -2.47. The molecule has 0 aliphatic carbocycles. The van der Waals surface area contributed by atoms with Crippen LogP contribution in [0.2, 0.25) is 10.0 Å². The highest BCUT2D eigenvalue weighted by molar-refractivity contribution is 6.35. The van der Waals surface area contributed by atoms with Gasteiger partial charge in [0, 0.05) is 17.2 Å². The lowest BCUT2D eigenvalue weighted by molar-refractivity contribution is -0.131. The molecule has 0 saturated carbocycles. The van der Waals surface area contributed by atoms with Gasteiger partial charge in [0.25, 0.3) is 11.8 Å². The molecule has 0 spiro atoms. The van der Waals surface area contributed by atoms with Gasteiger partial charge in [0.05, 0.1) is 5.02 Å². The van der Waals surface area contributed by atoms with Gasteiger partial charge in [0.2, 0.25) is 0 Å². The van der Waals surface area contributed by atoms with Crippen LogP contribution in [0.15, 0.2) is 30.4 Å². The molecule has 0 radical (unpaired) electrons. The molecule has 3 N–H and O–H groups in total. The number of nitrogens with one attached hydrogen (secondary N) is 2. The summed E-state index contributed by atoms with van der Waals surface area (Å²) in [5.41, 5.74) is 4.01. The van der Waals surface area contributed by atoms with E-state index in [9.17, 15) is 14.4 Å². The molecule has 112 valence electrons. The number of hydrogen-bond donors (Lipinski definition) is 3. The predicted octanol–water partition coefficient (Wildman–Crippen LogP) is 1.16. The Labute approximate surface area is 129 Å². The van der Waals surface area contributed by atoms with Crippen LogP contribution in [0.4, 0.5) is 0 Å². The van der Waals surface area contributed by atoms with Crippen LogP contribution in [-0.4, -0.2) is 29.5 Å². The van der Waals surface area contributed by atoms with Crippen LogP contribution in [0.3, 0.4) is 0 Å². The first-order valence-corrected chi connectivity index (χ1v) is 6.21. The second-order valence-corrected chi connectivity index (χ2v) is 4.42. The minimum atomic E-state index is -1.28. The summed E-state index contributed by atoms with van der Waals surface area (Å²) in [4.78, 5) is 32.6. The van der Waals surface area contributed by atoms with Crippen LogP contribution in [0.25, 0.3) is 0 Å². The highest BCUT2D eigenvalue weighted by atomic mass is 35.5. The Morgan fingerprint density at radius 1 is 1.19 bits per heavy atom. The predicted molar refractivity (Wildman–Crippen MR) is 75.0 cm³/mol.